The zero-order chi connectivity index (χ0) is 17.2. The van der Waals surface area contributed by atoms with Crippen LogP contribution in [0.5, 0.6) is 0 Å². The molecule has 1 unspecified atom stereocenters. The SMILES string of the molecule is O=C(O)C1=NN(CCc2ccccc2C(F)(F)F)C=C(O)C1O. The van der Waals surface area contributed by atoms with Crippen molar-refractivity contribution in [2.75, 3.05) is 6.54 Å². The van der Waals surface area contributed by atoms with Crippen molar-refractivity contribution in [3.8, 4) is 0 Å². The van der Waals surface area contributed by atoms with Crippen molar-refractivity contribution in [3.05, 3.63) is 47.4 Å². The standard InChI is InChI=1S/C14H13F3N2O4/c15-14(16,17)9-4-2-1-3-8(9)5-6-19-7-10(20)12(21)11(18-19)13(22)23/h1-4,7,12,20-21H,5-6H2,(H,22,23). The predicted molar refractivity (Wildman–Crippen MR) is 73.6 cm³/mol. The molecule has 1 aromatic rings. The van der Waals surface area contributed by atoms with Crippen LogP contribution < -0.4 is 0 Å². The maximum Gasteiger partial charge on any atom is 0.416 e. The maximum atomic E-state index is 12.9. The summed E-state index contributed by atoms with van der Waals surface area (Å²) in [7, 11) is 0. The summed E-state index contributed by atoms with van der Waals surface area (Å²) < 4.78 is 38.7. The Bertz CT molecular complexity index is 670. The Balaban J connectivity index is 2.17. The van der Waals surface area contributed by atoms with Gasteiger partial charge in [-0.1, -0.05) is 18.2 Å². The molecule has 1 atom stereocenters. The number of carboxylic acids is 1. The van der Waals surface area contributed by atoms with Crippen molar-refractivity contribution in [3.63, 3.8) is 0 Å². The Hall–Kier alpha value is -2.55. The topological polar surface area (TPSA) is 93.4 Å². The molecule has 1 aromatic carbocycles. The van der Waals surface area contributed by atoms with E-state index in [9.17, 15) is 28.2 Å². The number of aliphatic carboxylic acids is 1. The fourth-order valence-electron chi connectivity index (χ4n) is 2.11. The van der Waals surface area contributed by atoms with Gasteiger partial charge in [0.25, 0.3) is 0 Å². The van der Waals surface area contributed by atoms with Crippen molar-refractivity contribution in [1.29, 1.82) is 0 Å². The molecule has 0 fully saturated rings. The summed E-state index contributed by atoms with van der Waals surface area (Å²) in [6.07, 6.45) is -5.35. The van der Waals surface area contributed by atoms with Gasteiger partial charge in [0.2, 0.25) is 0 Å². The van der Waals surface area contributed by atoms with Crippen LogP contribution in [0.15, 0.2) is 41.3 Å². The summed E-state index contributed by atoms with van der Waals surface area (Å²) in [4.78, 5) is 10.9. The number of nitrogens with zero attached hydrogens (tertiary/aromatic N) is 2. The monoisotopic (exact) mass is 330 g/mol. The zero-order valence-electron chi connectivity index (χ0n) is 11.7. The molecule has 3 N–H and O–H groups in total. The van der Waals surface area contributed by atoms with Gasteiger partial charge in [-0.15, -0.1) is 0 Å². The third kappa shape index (κ3) is 3.81. The number of hydrogen-bond donors (Lipinski definition) is 3. The molecule has 0 amide bonds. The van der Waals surface area contributed by atoms with Crippen LogP contribution in [0.2, 0.25) is 0 Å². The van der Waals surface area contributed by atoms with E-state index in [1.54, 1.807) is 0 Å². The first-order chi connectivity index (χ1) is 10.7. The van der Waals surface area contributed by atoms with Gasteiger partial charge in [-0.25, -0.2) is 4.79 Å². The second kappa shape index (κ2) is 6.29. The van der Waals surface area contributed by atoms with Crippen LogP contribution in [0.3, 0.4) is 0 Å². The molecule has 124 valence electrons. The molecule has 6 nitrogen and oxygen atoms in total. The van der Waals surface area contributed by atoms with E-state index >= 15 is 0 Å². The molecule has 0 saturated carbocycles. The number of carbonyl (C=O) groups is 1. The first-order valence-corrected chi connectivity index (χ1v) is 6.52. The second-order valence-electron chi connectivity index (χ2n) is 4.81. The highest BCUT2D eigenvalue weighted by atomic mass is 19.4. The zero-order valence-corrected chi connectivity index (χ0v) is 11.7. The molecule has 2 rings (SSSR count). The van der Waals surface area contributed by atoms with Crippen molar-refractivity contribution >= 4 is 11.7 Å². The summed E-state index contributed by atoms with van der Waals surface area (Å²) >= 11 is 0. The van der Waals surface area contributed by atoms with E-state index < -0.39 is 35.3 Å². The molecule has 1 aliphatic heterocycles. The number of hydrogen-bond acceptors (Lipinski definition) is 5. The molecule has 23 heavy (non-hydrogen) atoms. The van der Waals surface area contributed by atoms with Gasteiger partial charge in [-0.05, 0) is 18.1 Å². The molecular formula is C14H13F3N2O4. The average molecular weight is 330 g/mol. The Labute approximate surface area is 128 Å². The summed E-state index contributed by atoms with van der Waals surface area (Å²) in [6, 6.07) is 5.00. The molecule has 0 bridgehead atoms. The lowest BCUT2D eigenvalue weighted by Gasteiger charge is -2.23. The van der Waals surface area contributed by atoms with Gasteiger partial charge >= 0.3 is 12.1 Å². The van der Waals surface area contributed by atoms with E-state index in [1.165, 1.54) is 18.2 Å². The second-order valence-corrected chi connectivity index (χ2v) is 4.81. The number of rotatable bonds is 4. The normalized spacial score (nSPS) is 18.4. The lowest BCUT2D eigenvalue weighted by atomic mass is 10.0. The van der Waals surface area contributed by atoms with Crippen molar-refractivity contribution in [2.24, 2.45) is 5.10 Å². The van der Waals surface area contributed by atoms with Gasteiger partial charge in [0, 0.05) is 6.54 Å². The van der Waals surface area contributed by atoms with Crippen molar-refractivity contribution in [2.45, 2.75) is 18.7 Å². The van der Waals surface area contributed by atoms with Crippen molar-refractivity contribution in [1.82, 2.24) is 5.01 Å². The van der Waals surface area contributed by atoms with Gasteiger partial charge in [-0.3, -0.25) is 5.01 Å². The molecule has 9 heteroatoms. The molecule has 0 aliphatic carbocycles. The average Bonchev–Trinajstić information content (AvgIpc) is 2.47. The van der Waals surface area contributed by atoms with Gasteiger partial charge in [0.15, 0.2) is 11.8 Å². The van der Waals surface area contributed by atoms with E-state index in [-0.39, 0.29) is 18.5 Å². The van der Waals surface area contributed by atoms with Gasteiger partial charge < -0.3 is 15.3 Å². The third-order valence-electron chi connectivity index (χ3n) is 3.21. The molecule has 0 aromatic heterocycles. The molecule has 1 aliphatic rings. The number of carboxylic acid groups (broad SMARTS) is 1. The Morgan fingerprint density at radius 2 is 1.96 bits per heavy atom. The lowest BCUT2D eigenvalue weighted by molar-refractivity contribution is -0.138. The number of alkyl halides is 3. The van der Waals surface area contributed by atoms with E-state index in [2.05, 4.69) is 5.10 Å². The maximum absolute atomic E-state index is 12.9. The summed E-state index contributed by atoms with van der Waals surface area (Å²) in [6.45, 7) is -0.0966. The number of halogens is 3. The van der Waals surface area contributed by atoms with Crippen LogP contribution in [0.1, 0.15) is 11.1 Å². The minimum Gasteiger partial charge on any atom is -0.508 e. The highest BCUT2D eigenvalue weighted by Crippen LogP contribution is 2.32. The van der Waals surface area contributed by atoms with Crippen LogP contribution in [0.25, 0.3) is 0 Å². The van der Waals surface area contributed by atoms with Gasteiger partial charge in [0.05, 0.1) is 11.8 Å². The smallest absolute Gasteiger partial charge is 0.416 e. The number of hydrazone groups is 1. The Kier molecular flexibility index (Phi) is 4.60. The predicted octanol–water partition coefficient (Wildman–Crippen LogP) is 1.76. The molecular weight excluding hydrogens is 317 g/mol. The highest BCUT2D eigenvalue weighted by Gasteiger charge is 2.33. The molecule has 0 spiro atoms. The number of aliphatic hydroxyl groups excluding tert-OH is 2. The van der Waals surface area contributed by atoms with Crippen LogP contribution in [0, 0.1) is 0 Å². The van der Waals surface area contributed by atoms with Gasteiger partial charge in [0.1, 0.15) is 5.76 Å². The van der Waals surface area contributed by atoms with E-state index in [0.717, 1.165) is 17.3 Å². The summed E-state index contributed by atoms with van der Waals surface area (Å²) in [5.74, 6) is -2.17. The van der Waals surface area contributed by atoms with E-state index in [0.29, 0.717) is 0 Å². The lowest BCUT2D eigenvalue weighted by Crippen LogP contribution is -2.37. The molecule has 0 radical (unpaired) electrons. The largest absolute Gasteiger partial charge is 0.508 e. The van der Waals surface area contributed by atoms with Crippen LogP contribution >= 0.6 is 0 Å². The van der Waals surface area contributed by atoms with E-state index in [4.69, 9.17) is 5.11 Å². The fraction of sp³-hybridized carbons (Fsp3) is 0.286. The Morgan fingerprint density at radius 3 is 2.57 bits per heavy atom. The highest BCUT2D eigenvalue weighted by molar-refractivity contribution is 6.38. The minimum atomic E-state index is -4.50. The minimum absolute atomic E-state index is 0.0195. The number of aliphatic hydroxyl groups is 2. The number of benzene rings is 1. The fourth-order valence-corrected chi connectivity index (χ4v) is 2.11. The van der Waals surface area contributed by atoms with Gasteiger partial charge in [-0.2, -0.15) is 18.3 Å². The first-order valence-electron chi connectivity index (χ1n) is 6.52. The quantitative estimate of drug-likeness (QED) is 0.782. The Morgan fingerprint density at radius 1 is 1.30 bits per heavy atom. The van der Waals surface area contributed by atoms with Crippen LogP contribution in [-0.2, 0) is 17.4 Å². The van der Waals surface area contributed by atoms with Crippen LogP contribution in [0.4, 0.5) is 13.2 Å². The van der Waals surface area contributed by atoms with Crippen LogP contribution in [-0.4, -0.2) is 44.7 Å². The molecule has 1 heterocycles. The van der Waals surface area contributed by atoms with Crippen molar-refractivity contribution < 1.29 is 33.3 Å². The van der Waals surface area contributed by atoms with E-state index in [1.807, 2.05) is 0 Å². The summed E-state index contributed by atoms with van der Waals surface area (Å²) in [5.41, 5.74) is -1.46. The third-order valence-corrected chi connectivity index (χ3v) is 3.21. The summed E-state index contributed by atoms with van der Waals surface area (Å²) in [5, 5.41) is 32.4. The molecule has 0 saturated heterocycles. The first kappa shape index (κ1) is 16.8.